The first kappa shape index (κ1) is 9.03. The van der Waals surface area contributed by atoms with Crippen molar-refractivity contribution in [3.05, 3.63) is 16.8 Å². The lowest BCUT2D eigenvalue weighted by atomic mass is 10.1. The number of piperidine rings is 1. The normalized spacial score (nSPS) is 19.3. The van der Waals surface area contributed by atoms with Crippen LogP contribution in [0.25, 0.3) is 0 Å². The highest BCUT2D eigenvalue weighted by Crippen LogP contribution is 2.22. The van der Waals surface area contributed by atoms with Gasteiger partial charge in [0.2, 0.25) is 0 Å². The molecule has 0 unspecified atom stereocenters. The molecule has 3 heteroatoms. The molecule has 0 spiro atoms. The predicted molar refractivity (Wildman–Crippen MR) is 58.6 cm³/mol. The van der Waals surface area contributed by atoms with E-state index in [0.717, 1.165) is 6.04 Å². The molecule has 1 aliphatic heterocycles. The van der Waals surface area contributed by atoms with Crippen LogP contribution in [0.15, 0.2) is 16.8 Å². The molecule has 2 nitrogen and oxygen atoms in total. The second kappa shape index (κ2) is 4.11. The van der Waals surface area contributed by atoms with Gasteiger partial charge in [0.15, 0.2) is 0 Å². The summed E-state index contributed by atoms with van der Waals surface area (Å²) < 4.78 is 0. The van der Waals surface area contributed by atoms with Gasteiger partial charge < -0.3 is 10.2 Å². The van der Waals surface area contributed by atoms with Gasteiger partial charge in [-0.1, -0.05) is 0 Å². The number of anilines is 1. The minimum atomic E-state index is 0.731. The molecule has 1 aromatic heterocycles. The average Bonchev–Trinajstić information content (AvgIpc) is 2.71. The first-order valence-corrected chi connectivity index (χ1v) is 5.79. The number of hydrogen-bond donors (Lipinski definition) is 1. The van der Waals surface area contributed by atoms with Crippen LogP contribution in [0.1, 0.15) is 12.8 Å². The second-order valence-electron chi connectivity index (χ2n) is 3.53. The Morgan fingerprint density at radius 1 is 1.46 bits per heavy atom. The lowest BCUT2D eigenvalue weighted by molar-refractivity contribution is 0.442. The van der Waals surface area contributed by atoms with Gasteiger partial charge in [-0.3, -0.25) is 0 Å². The van der Waals surface area contributed by atoms with Gasteiger partial charge in [0.25, 0.3) is 0 Å². The van der Waals surface area contributed by atoms with E-state index in [1.807, 2.05) is 0 Å². The standard InChI is InChI=1S/C10H16N2S/c1-11-9-2-5-12(6-3-9)10-4-7-13-8-10/h4,7-9,11H,2-3,5-6H2,1H3. The van der Waals surface area contributed by atoms with Gasteiger partial charge in [-0.25, -0.2) is 0 Å². The van der Waals surface area contributed by atoms with Crippen molar-refractivity contribution < 1.29 is 0 Å². The lowest BCUT2D eigenvalue weighted by Gasteiger charge is -2.32. The van der Waals surface area contributed by atoms with Crippen LogP contribution >= 0.6 is 11.3 Å². The Morgan fingerprint density at radius 2 is 2.23 bits per heavy atom. The minimum absolute atomic E-state index is 0.731. The molecule has 0 bridgehead atoms. The molecule has 1 saturated heterocycles. The van der Waals surface area contributed by atoms with E-state index in [9.17, 15) is 0 Å². The molecule has 2 heterocycles. The second-order valence-corrected chi connectivity index (χ2v) is 4.31. The summed E-state index contributed by atoms with van der Waals surface area (Å²) in [5.74, 6) is 0. The smallest absolute Gasteiger partial charge is 0.0474 e. The third-order valence-corrected chi connectivity index (χ3v) is 3.45. The highest BCUT2D eigenvalue weighted by Gasteiger charge is 2.17. The van der Waals surface area contributed by atoms with Gasteiger partial charge in [-0.2, -0.15) is 11.3 Å². The van der Waals surface area contributed by atoms with Crippen LogP contribution < -0.4 is 10.2 Å². The molecule has 1 aliphatic rings. The molecule has 1 fully saturated rings. The van der Waals surface area contributed by atoms with Gasteiger partial charge in [-0.15, -0.1) is 0 Å². The van der Waals surface area contributed by atoms with Crippen LogP contribution in [0, 0.1) is 0 Å². The average molecular weight is 196 g/mol. The zero-order chi connectivity index (χ0) is 9.10. The monoisotopic (exact) mass is 196 g/mol. The first-order chi connectivity index (χ1) is 6.40. The van der Waals surface area contributed by atoms with Crippen molar-refractivity contribution in [1.29, 1.82) is 0 Å². The SMILES string of the molecule is CNC1CCN(c2ccsc2)CC1. The van der Waals surface area contributed by atoms with E-state index in [1.165, 1.54) is 31.6 Å². The van der Waals surface area contributed by atoms with Crippen LogP contribution in [0.4, 0.5) is 5.69 Å². The molecule has 72 valence electrons. The third-order valence-electron chi connectivity index (χ3n) is 2.77. The van der Waals surface area contributed by atoms with Crippen molar-refractivity contribution in [2.24, 2.45) is 0 Å². The van der Waals surface area contributed by atoms with Crippen molar-refractivity contribution in [3.8, 4) is 0 Å². The topological polar surface area (TPSA) is 15.3 Å². The molecule has 2 rings (SSSR count). The quantitative estimate of drug-likeness (QED) is 0.777. The molecule has 0 radical (unpaired) electrons. The molecule has 1 N–H and O–H groups in total. The summed E-state index contributed by atoms with van der Waals surface area (Å²) in [6.45, 7) is 2.39. The van der Waals surface area contributed by atoms with Crippen molar-refractivity contribution in [2.45, 2.75) is 18.9 Å². The Morgan fingerprint density at radius 3 is 2.77 bits per heavy atom. The number of thiophene rings is 1. The maximum atomic E-state index is 3.35. The molecule has 1 aromatic rings. The van der Waals surface area contributed by atoms with Gasteiger partial charge >= 0.3 is 0 Å². The van der Waals surface area contributed by atoms with E-state index in [-0.39, 0.29) is 0 Å². The highest BCUT2D eigenvalue weighted by atomic mass is 32.1. The Balaban J connectivity index is 1.92. The number of nitrogens with zero attached hydrogens (tertiary/aromatic N) is 1. The molecule has 0 aromatic carbocycles. The highest BCUT2D eigenvalue weighted by molar-refractivity contribution is 7.08. The maximum absolute atomic E-state index is 3.35. The number of nitrogens with one attached hydrogen (secondary N) is 1. The van der Waals surface area contributed by atoms with Crippen LogP contribution in [0.2, 0.25) is 0 Å². The van der Waals surface area contributed by atoms with E-state index in [1.54, 1.807) is 11.3 Å². The summed E-state index contributed by atoms with van der Waals surface area (Å²) in [5, 5.41) is 7.73. The molecule has 13 heavy (non-hydrogen) atoms. The fourth-order valence-electron chi connectivity index (χ4n) is 1.86. The molecule has 0 saturated carbocycles. The van der Waals surface area contributed by atoms with E-state index < -0.39 is 0 Å². The van der Waals surface area contributed by atoms with Gasteiger partial charge in [0.1, 0.15) is 0 Å². The first-order valence-electron chi connectivity index (χ1n) is 4.84. The Hall–Kier alpha value is -0.540. The Bertz CT molecular complexity index is 237. The number of rotatable bonds is 2. The summed E-state index contributed by atoms with van der Waals surface area (Å²) in [5.41, 5.74) is 1.40. The van der Waals surface area contributed by atoms with Crippen molar-refractivity contribution in [1.82, 2.24) is 5.32 Å². The van der Waals surface area contributed by atoms with Gasteiger partial charge in [-0.05, 0) is 31.3 Å². The van der Waals surface area contributed by atoms with Crippen LogP contribution in [0.5, 0.6) is 0 Å². The van der Waals surface area contributed by atoms with Crippen molar-refractivity contribution in [3.63, 3.8) is 0 Å². The Labute approximate surface area is 83.6 Å². The summed E-state index contributed by atoms with van der Waals surface area (Å²) in [7, 11) is 2.06. The fourth-order valence-corrected chi connectivity index (χ4v) is 2.53. The third kappa shape index (κ3) is 2.03. The largest absolute Gasteiger partial charge is 0.371 e. The zero-order valence-corrected chi connectivity index (χ0v) is 8.81. The fraction of sp³-hybridized carbons (Fsp3) is 0.600. The molecule has 0 amide bonds. The zero-order valence-electron chi connectivity index (χ0n) is 7.99. The van der Waals surface area contributed by atoms with E-state index in [4.69, 9.17) is 0 Å². The van der Waals surface area contributed by atoms with Crippen LogP contribution in [-0.4, -0.2) is 26.2 Å². The molecule has 0 atom stereocenters. The van der Waals surface area contributed by atoms with E-state index in [0.29, 0.717) is 0 Å². The van der Waals surface area contributed by atoms with Crippen molar-refractivity contribution >= 4 is 17.0 Å². The number of hydrogen-bond acceptors (Lipinski definition) is 3. The summed E-state index contributed by atoms with van der Waals surface area (Å²) in [6.07, 6.45) is 2.54. The van der Waals surface area contributed by atoms with Crippen LogP contribution in [0.3, 0.4) is 0 Å². The molecular weight excluding hydrogens is 180 g/mol. The molecular formula is C10H16N2S. The summed E-state index contributed by atoms with van der Waals surface area (Å²) in [6, 6.07) is 2.94. The van der Waals surface area contributed by atoms with Gasteiger partial charge in [0.05, 0.1) is 0 Å². The maximum Gasteiger partial charge on any atom is 0.0474 e. The summed E-state index contributed by atoms with van der Waals surface area (Å²) in [4.78, 5) is 2.48. The van der Waals surface area contributed by atoms with Crippen molar-refractivity contribution in [2.75, 3.05) is 25.0 Å². The van der Waals surface area contributed by atoms with Gasteiger partial charge in [0, 0.05) is 30.2 Å². The summed E-state index contributed by atoms with van der Waals surface area (Å²) >= 11 is 1.78. The Kier molecular flexibility index (Phi) is 2.86. The van der Waals surface area contributed by atoms with E-state index in [2.05, 4.69) is 34.1 Å². The molecule has 0 aliphatic carbocycles. The lowest BCUT2D eigenvalue weighted by Crippen LogP contribution is -2.41. The van der Waals surface area contributed by atoms with E-state index >= 15 is 0 Å². The van der Waals surface area contributed by atoms with Crippen LogP contribution in [-0.2, 0) is 0 Å². The predicted octanol–water partition coefficient (Wildman–Crippen LogP) is 1.94. The minimum Gasteiger partial charge on any atom is -0.371 e.